The smallest absolute Gasteiger partial charge is 0.303 e. The zero-order valence-electron chi connectivity index (χ0n) is 13.0. The fourth-order valence-corrected chi connectivity index (χ4v) is 3.02. The summed E-state index contributed by atoms with van der Waals surface area (Å²) in [5.74, 6) is -0.875. The van der Waals surface area contributed by atoms with Gasteiger partial charge in [0, 0.05) is 17.8 Å². The van der Waals surface area contributed by atoms with Crippen LogP contribution < -0.4 is 5.73 Å². The SMILES string of the molecule is CC1C=CC=CC1(C)C(CCCCCCC(=O)O)C(N)=O. The van der Waals surface area contributed by atoms with E-state index in [0.29, 0.717) is 6.42 Å². The van der Waals surface area contributed by atoms with Gasteiger partial charge in [0.25, 0.3) is 0 Å². The highest BCUT2D eigenvalue weighted by Gasteiger charge is 2.39. The molecule has 0 aliphatic heterocycles. The van der Waals surface area contributed by atoms with Crippen LogP contribution in [0.5, 0.6) is 0 Å². The molecule has 21 heavy (non-hydrogen) atoms. The molecule has 0 saturated carbocycles. The summed E-state index contributed by atoms with van der Waals surface area (Å²) in [6.07, 6.45) is 12.6. The lowest BCUT2D eigenvalue weighted by Gasteiger charge is -2.39. The van der Waals surface area contributed by atoms with Crippen LogP contribution in [0.15, 0.2) is 24.3 Å². The van der Waals surface area contributed by atoms with E-state index in [0.717, 1.165) is 25.7 Å². The Morgan fingerprint density at radius 2 is 1.90 bits per heavy atom. The van der Waals surface area contributed by atoms with Gasteiger partial charge in [-0.1, -0.05) is 57.4 Å². The Labute approximate surface area is 127 Å². The van der Waals surface area contributed by atoms with Gasteiger partial charge in [0.1, 0.15) is 0 Å². The number of rotatable bonds is 9. The highest BCUT2D eigenvalue weighted by Crippen LogP contribution is 2.42. The van der Waals surface area contributed by atoms with Crippen molar-refractivity contribution < 1.29 is 14.7 Å². The van der Waals surface area contributed by atoms with Gasteiger partial charge in [-0.2, -0.15) is 0 Å². The first-order valence-electron chi connectivity index (χ1n) is 7.75. The summed E-state index contributed by atoms with van der Waals surface area (Å²) in [6, 6.07) is 0. The van der Waals surface area contributed by atoms with Crippen molar-refractivity contribution in [2.75, 3.05) is 0 Å². The molecule has 0 bridgehead atoms. The van der Waals surface area contributed by atoms with Gasteiger partial charge < -0.3 is 10.8 Å². The molecule has 0 aromatic rings. The fraction of sp³-hybridized carbons (Fsp3) is 0.647. The van der Waals surface area contributed by atoms with Crippen LogP contribution in [0.3, 0.4) is 0 Å². The van der Waals surface area contributed by atoms with Gasteiger partial charge in [0.15, 0.2) is 0 Å². The molecule has 3 atom stereocenters. The van der Waals surface area contributed by atoms with Gasteiger partial charge in [-0.15, -0.1) is 0 Å². The molecule has 4 heteroatoms. The normalized spacial score (nSPS) is 25.7. The summed E-state index contributed by atoms with van der Waals surface area (Å²) < 4.78 is 0. The third-order valence-corrected chi connectivity index (χ3v) is 4.68. The summed E-state index contributed by atoms with van der Waals surface area (Å²) in [6.45, 7) is 4.21. The number of allylic oxidation sites excluding steroid dienone is 4. The first-order valence-corrected chi connectivity index (χ1v) is 7.75. The Hall–Kier alpha value is -1.58. The van der Waals surface area contributed by atoms with Crippen LogP contribution in [-0.2, 0) is 9.59 Å². The second-order valence-electron chi connectivity index (χ2n) is 6.20. The van der Waals surface area contributed by atoms with Crippen molar-refractivity contribution in [3.8, 4) is 0 Å². The summed E-state index contributed by atoms with van der Waals surface area (Å²) in [5.41, 5.74) is 5.40. The molecule has 118 valence electrons. The first-order chi connectivity index (χ1) is 9.88. The van der Waals surface area contributed by atoms with E-state index in [-0.39, 0.29) is 29.6 Å². The van der Waals surface area contributed by atoms with Gasteiger partial charge >= 0.3 is 5.97 Å². The number of amides is 1. The quantitative estimate of drug-likeness (QED) is 0.640. The minimum atomic E-state index is -0.745. The van der Waals surface area contributed by atoms with Crippen molar-refractivity contribution in [1.29, 1.82) is 0 Å². The van der Waals surface area contributed by atoms with Gasteiger partial charge in [0.2, 0.25) is 5.91 Å². The van der Waals surface area contributed by atoms with Gasteiger partial charge in [-0.3, -0.25) is 9.59 Å². The highest BCUT2D eigenvalue weighted by molar-refractivity contribution is 5.78. The minimum absolute atomic E-state index is 0.173. The number of nitrogens with two attached hydrogens (primary N) is 1. The molecule has 1 rings (SSSR count). The number of carboxylic acids is 1. The number of carbonyl (C=O) groups excluding carboxylic acids is 1. The molecule has 0 aromatic heterocycles. The summed E-state index contributed by atoms with van der Waals surface area (Å²) in [4.78, 5) is 22.3. The van der Waals surface area contributed by atoms with Crippen molar-refractivity contribution in [2.45, 2.75) is 52.4 Å². The maximum Gasteiger partial charge on any atom is 0.303 e. The van der Waals surface area contributed by atoms with Crippen LogP contribution in [0, 0.1) is 17.3 Å². The van der Waals surface area contributed by atoms with Crippen molar-refractivity contribution >= 4 is 11.9 Å². The molecule has 0 heterocycles. The molecule has 0 aromatic carbocycles. The number of carbonyl (C=O) groups is 2. The second-order valence-corrected chi connectivity index (χ2v) is 6.20. The van der Waals surface area contributed by atoms with Gasteiger partial charge in [-0.05, 0) is 18.8 Å². The number of hydrogen-bond donors (Lipinski definition) is 2. The third kappa shape index (κ3) is 5.03. The molecule has 1 aliphatic carbocycles. The average molecular weight is 293 g/mol. The minimum Gasteiger partial charge on any atom is -0.481 e. The molecular formula is C17H27NO3. The van der Waals surface area contributed by atoms with Crippen LogP contribution in [0.1, 0.15) is 52.4 Å². The molecule has 0 radical (unpaired) electrons. The van der Waals surface area contributed by atoms with Crippen LogP contribution >= 0.6 is 0 Å². The standard InChI is InChI=1S/C17H27NO3/c1-13-9-7-8-12-17(13,2)14(16(18)21)10-5-3-4-6-11-15(19)20/h7-9,12-14H,3-6,10-11H2,1-2H3,(H2,18,21)(H,19,20). The molecule has 0 saturated heterocycles. The van der Waals surface area contributed by atoms with Crippen LogP contribution in [-0.4, -0.2) is 17.0 Å². The van der Waals surface area contributed by atoms with E-state index in [4.69, 9.17) is 10.8 Å². The van der Waals surface area contributed by atoms with Gasteiger partial charge in [0.05, 0.1) is 0 Å². The number of unbranched alkanes of at least 4 members (excludes halogenated alkanes) is 3. The lowest BCUT2D eigenvalue weighted by atomic mass is 9.65. The molecular weight excluding hydrogens is 266 g/mol. The fourth-order valence-electron chi connectivity index (χ4n) is 3.02. The van der Waals surface area contributed by atoms with Crippen LogP contribution in [0.25, 0.3) is 0 Å². The zero-order chi connectivity index (χ0) is 15.9. The van der Waals surface area contributed by atoms with E-state index < -0.39 is 5.97 Å². The zero-order valence-corrected chi connectivity index (χ0v) is 13.0. The summed E-state index contributed by atoms with van der Waals surface area (Å²) in [5, 5.41) is 8.59. The second kappa shape index (κ2) is 8.01. The lowest BCUT2D eigenvalue weighted by molar-refractivity contribution is -0.137. The van der Waals surface area contributed by atoms with Crippen molar-refractivity contribution in [3.05, 3.63) is 24.3 Å². The maximum atomic E-state index is 11.8. The summed E-state index contributed by atoms with van der Waals surface area (Å²) in [7, 11) is 0. The van der Waals surface area contributed by atoms with Crippen LogP contribution in [0.4, 0.5) is 0 Å². The Balaban J connectivity index is 2.48. The number of hydrogen-bond acceptors (Lipinski definition) is 2. The van der Waals surface area contributed by atoms with E-state index in [2.05, 4.69) is 26.0 Å². The predicted octanol–water partition coefficient (Wildman–Crippen LogP) is 3.28. The van der Waals surface area contributed by atoms with E-state index in [1.807, 2.05) is 12.2 Å². The summed E-state index contributed by atoms with van der Waals surface area (Å²) >= 11 is 0. The predicted molar refractivity (Wildman–Crippen MR) is 83.6 cm³/mol. The molecule has 1 aliphatic rings. The van der Waals surface area contributed by atoms with E-state index in [1.165, 1.54) is 0 Å². The number of primary amides is 1. The Morgan fingerprint density at radius 1 is 1.24 bits per heavy atom. The largest absolute Gasteiger partial charge is 0.481 e. The average Bonchev–Trinajstić information content (AvgIpc) is 2.40. The number of carboxylic acid groups (broad SMARTS) is 1. The first kappa shape index (κ1) is 17.5. The number of aliphatic carboxylic acids is 1. The molecule has 0 spiro atoms. The topological polar surface area (TPSA) is 80.4 Å². The van der Waals surface area contributed by atoms with Gasteiger partial charge in [-0.25, -0.2) is 0 Å². The van der Waals surface area contributed by atoms with E-state index in [9.17, 15) is 9.59 Å². The Kier molecular flexibility index (Phi) is 6.66. The Bertz CT molecular complexity index is 428. The molecule has 3 N–H and O–H groups in total. The molecule has 1 amide bonds. The van der Waals surface area contributed by atoms with Crippen molar-refractivity contribution in [1.82, 2.24) is 0 Å². The molecule has 4 nitrogen and oxygen atoms in total. The molecule has 3 unspecified atom stereocenters. The Morgan fingerprint density at radius 3 is 2.48 bits per heavy atom. The van der Waals surface area contributed by atoms with Crippen molar-refractivity contribution in [2.24, 2.45) is 23.0 Å². The van der Waals surface area contributed by atoms with E-state index in [1.54, 1.807) is 0 Å². The monoisotopic (exact) mass is 293 g/mol. The lowest BCUT2D eigenvalue weighted by Crippen LogP contribution is -2.40. The molecule has 0 fully saturated rings. The third-order valence-electron chi connectivity index (χ3n) is 4.68. The van der Waals surface area contributed by atoms with Crippen molar-refractivity contribution in [3.63, 3.8) is 0 Å². The highest BCUT2D eigenvalue weighted by atomic mass is 16.4. The maximum absolute atomic E-state index is 11.8. The van der Waals surface area contributed by atoms with Crippen LogP contribution in [0.2, 0.25) is 0 Å². The van der Waals surface area contributed by atoms with E-state index >= 15 is 0 Å².